The van der Waals surface area contributed by atoms with Crippen molar-refractivity contribution >= 4 is 15.9 Å². The van der Waals surface area contributed by atoms with E-state index in [-0.39, 0.29) is 12.1 Å². The van der Waals surface area contributed by atoms with Crippen LogP contribution >= 0.6 is 15.9 Å². The fourth-order valence-corrected chi connectivity index (χ4v) is 2.55. The highest BCUT2D eigenvalue weighted by Gasteiger charge is 2.20. The van der Waals surface area contributed by atoms with Crippen molar-refractivity contribution in [2.45, 2.75) is 45.3 Å². The predicted octanol–water partition coefficient (Wildman–Crippen LogP) is 2.18. The topological polar surface area (TPSA) is 53.1 Å². The van der Waals surface area contributed by atoms with E-state index in [1.54, 1.807) is 7.11 Å². The molecule has 0 aliphatic heterocycles. The first-order chi connectivity index (χ1) is 8.01. The van der Waals surface area contributed by atoms with Crippen molar-refractivity contribution in [2.24, 2.45) is 12.8 Å². The summed E-state index contributed by atoms with van der Waals surface area (Å²) >= 11 is 3.56. The maximum absolute atomic E-state index is 6.21. The molecule has 0 aromatic carbocycles. The Labute approximate surface area is 112 Å². The molecular weight excluding hydrogens is 282 g/mol. The van der Waals surface area contributed by atoms with Gasteiger partial charge in [-0.15, -0.1) is 0 Å². The third kappa shape index (κ3) is 3.53. The fraction of sp³-hybridized carbons (Fsp3) is 0.750. The van der Waals surface area contributed by atoms with Gasteiger partial charge in [-0.2, -0.15) is 5.10 Å². The highest BCUT2D eigenvalue weighted by molar-refractivity contribution is 9.10. The van der Waals surface area contributed by atoms with Crippen LogP contribution in [0.15, 0.2) is 4.47 Å². The van der Waals surface area contributed by atoms with Crippen LogP contribution in [0.5, 0.6) is 0 Å². The molecule has 5 heteroatoms. The summed E-state index contributed by atoms with van der Waals surface area (Å²) in [4.78, 5) is 0. The number of hydrogen-bond donors (Lipinski definition) is 1. The largest absolute Gasteiger partial charge is 0.380 e. The number of aryl methyl sites for hydroxylation is 2. The molecule has 2 atom stereocenters. The minimum absolute atomic E-state index is 0.00560. The SMILES string of the molecule is CCCC(OC)C(N)Cc1c(Br)c(C)nn1C. The summed E-state index contributed by atoms with van der Waals surface area (Å²) in [5, 5.41) is 4.37. The molecule has 0 bridgehead atoms. The molecule has 0 saturated heterocycles. The number of methoxy groups -OCH3 is 1. The third-order valence-corrected chi connectivity index (χ3v) is 4.08. The number of halogens is 1. The molecule has 1 rings (SSSR count). The first kappa shape index (κ1) is 14.7. The summed E-state index contributed by atoms with van der Waals surface area (Å²) in [6.45, 7) is 4.13. The third-order valence-electron chi connectivity index (χ3n) is 3.04. The molecular formula is C12H22BrN3O. The number of nitrogens with zero attached hydrogens (tertiary/aromatic N) is 2. The normalized spacial score (nSPS) is 14.9. The lowest BCUT2D eigenvalue weighted by atomic mass is 10.0. The van der Waals surface area contributed by atoms with E-state index in [4.69, 9.17) is 10.5 Å². The van der Waals surface area contributed by atoms with Crippen molar-refractivity contribution in [1.29, 1.82) is 0 Å². The molecule has 0 fully saturated rings. The molecule has 0 saturated carbocycles. The van der Waals surface area contributed by atoms with E-state index in [2.05, 4.69) is 28.0 Å². The van der Waals surface area contributed by atoms with Crippen molar-refractivity contribution in [3.8, 4) is 0 Å². The minimum atomic E-state index is 0.00560. The van der Waals surface area contributed by atoms with Crippen LogP contribution in [0.1, 0.15) is 31.2 Å². The highest BCUT2D eigenvalue weighted by Crippen LogP contribution is 2.22. The molecule has 0 aliphatic carbocycles. The summed E-state index contributed by atoms with van der Waals surface area (Å²) in [6.07, 6.45) is 2.96. The van der Waals surface area contributed by atoms with Crippen molar-refractivity contribution in [3.05, 3.63) is 15.9 Å². The summed E-state index contributed by atoms with van der Waals surface area (Å²) in [7, 11) is 3.67. The van der Waals surface area contributed by atoms with E-state index < -0.39 is 0 Å². The average Bonchev–Trinajstić information content (AvgIpc) is 2.52. The summed E-state index contributed by atoms with van der Waals surface area (Å²) in [6, 6.07) is 0.00560. The first-order valence-electron chi connectivity index (χ1n) is 5.97. The van der Waals surface area contributed by atoms with E-state index in [0.29, 0.717) is 0 Å². The maximum Gasteiger partial charge on any atom is 0.0738 e. The van der Waals surface area contributed by atoms with Gasteiger partial charge in [-0.05, 0) is 29.3 Å². The van der Waals surface area contributed by atoms with Gasteiger partial charge < -0.3 is 10.5 Å². The van der Waals surface area contributed by atoms with E-state index >= 15 is 0 Å². The Morgan fingerprint density at radius 2 is 2.18 bits per heavy atom. The fourth-order valence-electron chi connectivity index (χ4n) is 2.05. The van der Waals surface area contributed by atoms with Crippen LogP contribution in [0.4, 0.5) is 0 Å². The quantitative estimate of drug-likeness (QED) is 0.876. The van der Waals surface area contributed by atoms with Gasteiger partial charge >= 0.3 is 0 Å². The Hall–Kier alpha value is -0.390. The monoisotopic (exact) mass is 303 g/mol. The number of hydrogen-bond acceptors (Lipinski definition) is 3. The van der Waals surface area contributed by atoms with Crippen molar-refractivity contribution in [1.82, 2.24) is 9.78 Å². The zero-order chi connectivity index (χ0) is 13.0. The smallest absolute Gasteiger partial charge is 0.0738 e. The van der Waals surface area contributed by atoms with Crippen LogP contribution in [0.2, 0.25) is 0 Å². The Bertz CT molecular complexity index is 365. The van der Waals surface area contributed by atoms with E-state index in [9.17, 15) is 0 Å². The van der Waals surface area contributed by atoms with Crippen LogP contribution in [-0.4, -0.2) is 29.0 Å². The molecule has 2 N–H and O–H groups in total. The summed E-state index contributed by atoms with van der Waals surface area (Å²) in [5.74, 6) is 0. The van der Waals surface area contributed by atoms with E-state index in [0.717, 1.165) is 35.1 Å². The Morgan fingerprint density at radius 3 is 2.59 bits per heavy atom. The Morgan fingerprint density at radius 1 is 1.53 bits per heavy atom. The zero-order valence-corrected chi connectivity index (χ0v) is 12.6. The van der Waals surface area contributed by atoms with Gasteiger partial charge in [0, 0.05) is 26.6 Å². The van der Waals surface area contributed by atoms with Crippen LogP contribution in [-0.2, 0) is 18.2 Å². The molecule has 4 nitrogen and oxygen atoms in total. The molecule has 0 aliphatic rings. The van der Waals surface area contributed by atoms with Gasteiger partial charge in [0.05, 0.1) is 22.0 Å². The lowest BCUT2D eigenvalue weighted by Crippen LogP contribution is -2.38. The molecule has 1 heterocycles. The minimum Gasteiger partial charge on any atom is -0.380 e. The van der Waals surface area contributed by atoms with Gasteiger partial charge in [0.1, 0.15) is 0 Å². The summed E-state index contributed by atoms with van der Waals surface area (Å²) < 4.78 is 8.39. The van der Waals surface area contributed by atoms with Crippen molar-refractivity contribution in [2.75, 3.05) is 7.11 Å². The number of rotatable bonds is 6. The molecule has 0 radical (unpaired) electrons. The molecule has 0 amide bonds. The van der Waals surface area contributed by atoms with Gasteiger partial charge in [-0.25, -0.2) is 0 Å². The molecule has 98 valence electrons. The second-order valence-electron chi connectivity index (χ2n) is 4.40. The van der Waals surface area contributed by atoms with Crippen LogP contribution in [0, 0.1) is 6.92 Å². The van der Waals surface area contributed by atoms with Gasteiger partial charge in [0.25, 0.3) is 0 Å². The molecule has 17 heavy (non-hydrogen) atoms. The predicted molar refractivity (Wildman–Crippen MR) is 73.0 cm³/mol. The van der Waals surface area contributed by atoms with Crippen molar-refractivity contribution in [3.63, 3.8) is 0 Å². The second kappa shape index (κ2) is 6.52. The van der Waals surface area contributed by atoms with Crippen LogP contribution < -0.4 is 5.73 Å². The number of nitrogens with two attached hydrogens (primary N) is 1. The van der Waals surface area contributed by atoms with Crippen LogP contribution in [0.3, 0.4) is 0 Å². The van der Waals surface area contributed by atoms with Gasteiger partial charge in [0.2, 0.25) is 0 Å². The van der Waals surface area contributed by atoms with Gasteiger partial charge in [-0.1, -0.05) is 13.3 Å². The second-order valence-corrected chi connectivity index (χ2v) is 5.19. The van der Waals surface area contributed by atoms with E-state index in [1.165, 1.54) is 0 Å². The maximum atomic E-state index is 6.21. The lowest BCUT2D eigenvalue weighted by Gasteiger charge is -2.22. The standard InChI is InChI=1S/C12H22BrN3O/c1-5-6-11(17-4)9(14)7-10-12(13)8(2)15-16(10)3/h9,11H,5-7,14H2,1-4H3. The van der Waals surface area contributed by atoms with E-state index in [1.807, 2.05) is 18.7 Å². The number of ether oxygens (including phenoxy) is 1. The van der Waals surface area contributed by atoms with Crippen molar-refractivity contribution < 1.29 is 4.74 Å². The Balaban J connectivity index is 2.76. The Kier molecular flexibility index (Phi) is 5.62. The average molecular weight is 304 g/mol. The van der Waals surface area contributed by atoms with Gasteiger partial charge in [0.15, 0.2) is 0 Å². The molecule has 2 unspecified atom stereocenters. The lowest BCUT2D eigenvalue weighted by molar-refractivity contribution is 0.0721. The highest BCUT2D eigenvalue weighted by atomic mass is 79.9. The van der Waals surface area contributed by atoms with Crippen LogP contribution in [0.25, 0.3) is 0 Å². The van der Waals surface area contributed by atoms with Gasteiger partial charge in [-0.3, -0.25) is 4.68 Å². The summed E-state index contributed by atoms with van der Waals surface area (Å²) in [5.41, 5.74) is 8.34. The zero-order valence-electron chi connectivity index (χ0n) is 11.0. The molecule has 0 spiro atoms. The molecule has 1 aromatic heterocycles. The molecule has 1 aromatic rings. The number of aromatic nitrogens is 2. The first-order valence-corrected chi connectivity index (χ1v) is 6.76.